The number of nitrogen functional groups attached to an aromatic ring is 1. The first-order valence-corrected chi connectivity index (χ1v) is 8.43. The molecule has 114 valence electrons. The molecule has 0 aromatic heterocycles. The SMILES string of the molecule is Nc1ccc2c(c1)N(C(=O)CC1CCCCCC1)CCC2. The molecule has 0 spiro atoms. The maximum Gasteiger partial charge on any atom is 0.227 e. The largest absolute Gasteiger partial charge is 0.399 e. The van der Waals surface area contributed by atoms with Gasteiger partial charge in [-0.15, -0.1) is 0 Å². The van der Waals surface area contributed by atoms with Gasteiger partial charge in [0.05, 0.1) is 0 Å². The third-order valence-corrected chi connectivity index (χ3v) is 4.97. The predicted molar refractivity (Wildman–Crippen MR) is 87.3 cm³/mol. The molecule has 0 radical (unpaired) electrons. The standard InChI is InChI=1S/C18H26N2O/c19-16-10-9-15-8-5-11-20(17(15)13-16)18(21)12-14-6-3-1-2-4-7-14/h9-10,13-14H,1-8,11-12,19H2. The Kier molecular flexibility index (Phi) is 4.47. The molecule has 1 fully saturated rings. The minimum absolute atomic E-state index is 0.299. The summed E-state index contributed by atoms with van der Waals surface area (Å²) in [7, 11) is 0. The second kappa shape index (κ2) is 6.50. The van der Waals surface area contributed by atoms with Gasteiger partial charge in [0.15, 0.2) is 0 Å². The van der Waals surface area contributed by atoms with Crippen molar-refractivity contribution in [3.05, 3.63) is 23.8 Å². The van der Waals surface area contributed by atoms with Crippen LogP contribution in [0.2, 0.25) is 0 Å². The predicted octanol–water partition coefficient (Wildman–Crippen LogP) is 3.91. The number of nitrogens with two attached hydrogens (primary N) is 1. The van der Waals surface area contributed by atoms with E-state index in [0.717, 1.165) is 30.8 Å². The summed E-state index contributed by atoms with van der Waals surface area (Å²) in [6.07, 6.45) is 10.6. The van der Waals surface area contributed by atoms with E-state index in [0.29, 0.717) is 18.2 Å². The van der Waals surface area contributed by atoms with Gasteiger partial charge in [0.2, 0.25) is 5.91 Å². The number of hydrogen-bond acceptors (Lipinski definition) is 2. The van der Waals surface area contributed by atoms with Crippen LogP contribution >= 0.6 is 0 Å². The third kappa shape index (κ3) is 3.39. The van der Waals surface area contributed by atoms with E-state index < -0.39 is 0 Å². The highest BCUT2D eigenvalue weighted by Crippen LogP contribution is 2.32. The number of amides is 1. The molecule has 0 bridgehead atoms. The minimum atomic E-state index is 0.299. The average Bonchev–Trinajstić information content (AvgIpc) is 2.75. The Balaban J connectivity index is 1.72. The lowest BCUT2D eigenvalue weighted by Crippen LogP contribution is -2.36. The molecule has 0 atom stereocenters. The molecular weight excluding hydrogens is 260 g/mol. The number of rotatable bonds is 2. The summed E-state index contributed by atoms with van der Waals surface area (Å²) in [6.45, 7) is 0.849. The Morgan fingerprint density at radius 1 is 1.14 bits per heavy atom. The number of benzene rings is 1. The molecule has 0 unspecified atom stereocenters. The van der Waals surface area contributed by atoms with Crippen molar-refractivity contribution in [1.82, 2.24) is 0 Å². The van der Waals surface area contributed by atoms with Crippen LogP contribution in [0.25, 0.3) is 0 Å². The topological polar surface area (TPSA) is 46.3 Å². The number of hydrogen-bond donors (Lipinski definition) is 1. The van der Waals surface area contributed by atoms with Crippen LogP contribution < -0.4 is 10.6 Å². The van der Waals surface area contributed by atoms with Crippen molar-refractivity contribution in [3.8, 4) is 0 Å². The molecule has 1 saturated carbocycles. The van der Waals surface area contributed by atoms with Crippen LogP contribution in [0.1, 0.15) is 56.9 Å². The van der Waals surface area contributed by atoms with Gasteiger partial charge in [-0.3, -0.25) is 4.79 Å². The Morgan fingerprint density at radius 3 is 2.67 bits per heavy atom. The second-order valence-corrected chi connectivity index (χ2v) is 6.60. The highest BCUT2D eigenvalue weighted by atomic mass is 16.2. The summed E-state index contributed by atoms with van der Waals surface area (Å²) < 4.78 is 0. The maximum absolute atomic E-state index is 12.7. The lowest BCUT2D eigenvalue weighted by Gasteiger charge is -2.31. The summed E-state index contributed by atoms with van der Waals surface area (Å²) >= 11 is 0. The van der Waals surface area contributed by atoms with Gasteiger partial charge in [-0.05, 0) is 49.3 Å². The lowest BCUT2D eigenvalue weighted by atomic mass is 9.94. The van der Waals surface area contributed by atoms with Crippen LogP contribution in [-0.2, 0) is 11.2 Å². The molecule has 1 heterocycles. The van der Waals surface area contributed by atoms with Crippen molar-refractivity contribution in [2.75, 3.05) is 17.2 Å². The van der Waals surface area contributed by atoms with Gasteiger partial charge in [-0.25, -0.2) is 0 Å². The molecule has 1 amide bonds. The first kappa shape index (κ1) is 14.4. The second-order valence-electron chi connectivity index (χ2n) is 6.60. The van der Waals surface area contributed by atoms with Gasteiger partial charge in [0.25, 0.3) is 0 Å². The molecular formula is C18H26N2O. The molecule has 2 N–H and O–H groups in total. The fraction of sp³-hybridized carbons (Fsp3) is 0.611. The Hall–Kier alpha value is -1.51. The van der Waals surface area contributed by atoms with E-state index in [2.05, 4.69) is 6.07 Å². The monoisotopic (exact) mass is 286 g/mol. The molecule has 2 aliphatic rings. The van der Waals surface area contributed by atoms with E-state index in [1.165, 1.54) is 44.1 Å². The van der Waals surface area contributed by atoms with E-state index in [9.17, 15) is 4.79 Å². The molecule has 3 nitrogen and oxygen atoms in total. The van der Waals surface area contributed by atoms with Gasteiger partial charge in [0.1, 0.15) is 0 Å². The average molecular weight is 286 g/mol. The zero-order chi connectivity index (χ0) is 14.7. The van der Waals surface area contributed by atoms with Gasteiger partial charge < -0.3 is 10.6 Å². The smallest absolute Gasteiger partial charge is 0.227 e. The van der Waals surface area contributed by atoms with Gasteiger partial charge in [0, 0.05) is 24.3 Å². The van der Waals surface area contributed by atoms with E-state index in [-0.39, 0.29) is 0 Å². The fourth-order valence-corrected chi connectivity index (χ4v) is 3.78. The molecule has 1 aromatic rings. The number of anilines is 2. The highest BCUT2D eigenvalue weighted by molar-refractivity contribution is 5.95. The number of nitrogens with zero attached hydrogens (tertiary/aromatic N) is 1. The molecule has 3 heteroatoms. The van der Waals surface area contributed by atoms with Crippen LogP contribution in [-0.4, -0.2) is 12.5 Å². The lowest BCUT2D eigenvalue weighted by molar-refractivity contribution is -0.119. The summed E-state index contributed by atoms with van der Waals surface area (Å²) in [4.78, 5) is 14.7. The summed E-state index contributed by atoms with van der Waals surface area (Å²) in [5, 5.41) is 0. The van der Waals surface area contributed by atoms with Gasteiger partial charge in [-0.2, -0.15) is 0 Å². The summed E-state index contributed by atoms with van der Waals surface area (Å²) in [5.74, 6) is 0.889. The van der Waals surface area contributed by atoms with Crippen LogP contribution in [0.5, 0.6) is 0 Å². The van der Waals surface area contributed by atoms with Crippen LogP contribution in [0.15, 0.2) is 18.2 Å². The molecule has 1 aliphatic heterocycles. The van der Waals surface area contributed by atoms with Crippen molar-refractivity contribution < 1.29 is 4.79 Å². The number of carbonyl (C=O) groups is 1. The van der Waals surface area contributed by atoms with E-state index in [4.69, 9.17) is 5.73 Å². The van der Waals surface area contributed by atoms with Crippen molar-refractivity contribution in [3.63, 3.8) is 0 Å². The Bertz CT molecular complexity index is 504. The summed E-state index contributed by atoms with van der Waals surface area (Å²) in [5.41, 5.74) is 8.99. The van der Waals surface area contributed by atoms with Crippen LogP contribution in [0.3, 0.4) is 0 Å². The molecule has 1 aromatic carbocycles. The zero-order valence-corrected chi connectivity index (χ0v) is 12.8. The van der Waals surface area contributed by atoms with Gasteiger partial charge in [-0.1, -0.05) is 31.7 Å². The van der Waals surface area contributed by atoms with E-state index in [1.54, 1.807) is 0 Å². The Labute approximate surface area is 127 Å². The first-order valence-electron chi connectivity index (χ1n) is 8.43. The van der Waals surface area contributed by atoms with Crippen LogP contribution in [0.4, 0.5) is 11.4 Å². The molecule has 0 saturated heterocycles. The number of fused-ring (bicyclic) bond motifs is 1. The highest BCUT2D eigenvalue weighted by Gasteiger charge is 2.25. The van der Waals surface area contributed by atoms with Crippen molar-refractivity contribution >= 4 is 17.3 Å². The minimum Gasteiger partial charge on any atom is -0.399 e. The molecule has 21 heavy (non-hydrogen) atoms. The normalized spacial score (nSPS) is 19.9. The first-order chi connectivity index (χ1) is 10.2. The molecule has 3 rings (SSSR count). The van der Waals surface area contributed by atoms with Crippen molar-refractivity contribution in [2.45, 2.75) is 57.8 Å². The van der Waals surface area contributed by atoms with Gasteiger partial charge >= 0.3 is 0 Å². The number of carbonyl (C=O) groups excluding carboxylic acids is 1. The summed E-state index contributed by atoms with van der Waals surface area (Å²) in [6, 6.07) is 5.99. The van der Waals surface area contributed by atoms with Crippen LogP contribution in [0, 0.1) is 5.92 Å². The van der Waals surface area contributed by atoms with Crippen molar-refractivity contribution in [2.24, 2.45) is 5.92 Å². The van der Waals surface area contributed by atoms with Crippen molar-refractivity contribution in [1.29, 1.82) is 0 Å². The molecule has 1 aliphatic carbocycles. The van der Waals surface area contributed by atoms with E-state index in [1.807, 2.05) is 17.0 Å². The zero-order valence-electron chi connectivity index (χ0n) is 12.8. The Morgan fingerprint density at radius 2 is 1.90 bits per heavy atom. The maximum atomic E-state index is 12.7. The number of aryl methyl sites for hydroxylation is 1. The third-order valence-electron chi connectivity index (χ3n) is 4.97. The van der Waals surface area contributed by atoms with E-state index >= 15 is 0 Å². The fourth-order valence-electron chi connectivity index (χ4n) is 3.78. The quantitative estimate of drug-likeness (QED) is 0.662.